The highest BCUT2D eigenvalue weighted by molar-refractivity contribution is 6.42. The summed E-state index contributed by atoms with van der Waals surface area (Å²) < 4.78 is 5.78. The van der Waals surface area contributed by atoms with Gasteiger partial charge in [0.05, 0.1) is 15.6 Å². The molecule has 0 radical (unpaired) electrons. The minimum Gasteiger partial charge on any atom is -0.488 e. The Morgan fingerprint density at radius 3 is 2.76 bits per heavy atom. The predicted molar refractivity (Wildman–Crippen MR) is 85.9 cm³/mol. The molecule has 0 bridgehead atoms. The van der Waals surface area contributed by atoms with Gasteiger partial charge in [0.15, 0.2) is 0 Å². The molecule has 0 atom stereocenters. The fraction of sp³-hybridized carbons (Fsp3) is 0.176. The van der Waals surface area contributed by atoms with Crippen LogP contribution >= 0.6 is 23.2 Å². The molecule has 0 heterocycles. The first-order valence-corrected chi connectivity index (χ1v) is 7.13. The van der Waals surface area contributed by atoms with Crippen molar-refractivity contribution in [1.29, 1.82) is 0 Å². The number of halogens is 2. The van der Waals surface area contributed by atoms with Crippen LogP contribution in [0.25, 0.3) is 0 Å². The largest absolute Gasteiger partial charge is 0.488 e. The lowest BCUT2D eigenvalue weighted by Crippen LogP contribution is -1.98. The molecule has 0 saturated carbocycles. The van der Waals surface area contributed by atoms with E-state index >= 15 is 0 Å². The first kappa shape index (κ1) is 15.7. The van der Waals surface area contributed by atoms with Crippen molar-refractivity contribution in [3.63, 3.8) is 0 Å². The second-order valence-corrected chi connectivity index (χ2v) is 5.25. The minimum atomic E-state index is -0.187. The van der Waals surface area contributed by atoms with E-state index in [1.54, 1.807) is 6.07 Å². The van der Waals surface area contributed by atoms with E-state index in [0.717, 1.165) is 16.7 Å². The molecule has 0 aliphatic heterocycles. The molecule has 0 saturated heterocycles. The summed E-state index contributed by atoms with van der Waals surface area (Å²) in [5, 5.41) is 9.81. The van der Waals surface area contributed by atoms with Crippen LogP contribution in [0.15, 0.2) is 36.4 Å². The van der Waals surface area contributed by atoms with Gasteiger partial charge in [0.25, 0.3) is 0 Å². The van der Waals surface area contributed by atoms with Gasteiger partial charge in [-0.15, -0.1) is 0 Å². The van der Waals surface area contributed by atoms with E-state index in [1.165, 1.54) is 0 Å². The molecule has 0 aromatic heterocycles. The lowest BCUT2D eigenvalue weighted by atomic mass is 10.1. The molecule has 2 rings (SSSR count). The van der Waals surface area contributed by atoms with Crippen molar-refractivity contribution in [1.82, 2.24) is 0 Å². The third-order valence-corrected chi connectivity index (χ3v) is 3.71. The summed E-state index contributed by atoms with van der Waals surface area (Å²) >= 11 is 12.1. The van der Waals surface area contributed by atoms with Gasteiger partial charge in [0.2, 0.25) is 0 Å². The molecule has 2 aromatic carbocycles. The Balaban J connectivity index is 2.22. The second-order valence-electron chi connectivity index (χ2n) is 4.46. The van der Waals surface area contributed by atoms with Crippen LogP contribution in [0.5, 0.6) is 5.75 Å². The van der Waals surface area contributed by atoms with Crippen LogP contribution < -0.4 is 4.74 Å². The molecule has 4 heteroatoms. The first-order valence-electron chi connectivity index (χ1n) is 6.38. The molecule has 0 spiro atoms. The molecule has 108 valence electrons. The van der Waals surface area contributed by atoms with Crippen LogP contribution in [0, 0.1) is 18.8 Å². The lowest BCUT2D eigenvalue weighted by molar-refractivity contribution is 0.305. The summed E-state index contributed by atoms with van der Waals surface area (Å²) in [6, 6.07) is 11.1. The van der Waals surface area contributed by atoms with Crippen LogP contribution in [0.3, 0.4) is 0 Å². The summed E-state index contributed by atoms with van der Waals surface area (Å²) in [5.41, 5.74) is 2.62. The Morgan fingerprint density at radius 2 is 2.00 bits per heavy atom. The van der Waals surface area contributed by atoms with Gasteiger partial charge in [-0.1, -0.05) is 53.2 Å². The van der Waals surface area contributed by atoms with E-state index in [-0.39, 0.29) is 6.61 Å². The molecule has 21 heavy (non-hydrogen) atoms. The highest BCUT2D eigenvalue weighted by Crippen LogP contribution is 2.27. The summed E-state index contributed by atoms with van der Waals surface area (Å²) in [5.74, 6) is 6.16. The Hall–Kier alpha value is -1.66. The van der Waals surface area contributed by atoms with E-state index in [0.29, 0.717) is 22.4 Å². The molecule has 0 aliphatic carbocycles. The maximum absolute atomic E-state index is 8.82. The number of aliphatic hydroxyl groups excluding tert-OH is 1. The van der Waals surface area contributed by atoms with Crippen LogP contribution in [0.1, 0.15) is 16.7 Å². The summed E-state index contributed by atoms with van der Waals surface area (Å²) in [7, 11) is 0. The summed E-state index contributed by atoms with van der Waals surface area (Å²) in [6.45, 7) is 2.09. The monoisotopic (exact) mass is 320 g/mol. The second kappa shape index (κ2) is 7.38. The van der Waals surface area contributed by atoms with Crippen molar-refractivity contribution >= 4 is 23.2 Å². The molecule has 0 amide bonds. The van der Waals surface area contributed by atoms with Gasteiger partial charge < -0.3 is 9.84 Å². The molecule has 1 N–H and O–H groups in total. The number of rotatable bonds is 3. The van der Waals surface area contributed by atoms with Gasteiger partial charge >= 0.3 is 0 Å². The number of benzene rings is 2. The van der Waals surface area contributed by atoms with Crippen molar-refractivity contribution in [3.8, 4) is 17.6 Å². The van der Waals surface area contributed by atoms with Crippen LogP contribution in [0.2, 0.25) is 10.0 Å². The minimum absolute atomic E-state index is 0.187. The molecule has 0 aliphatic rings. The van der Waals surface area contributed by atoms with E-state index in [1.807, 2.05) is 37.3 Å². The quantitative estimate of drug-likeness (QED) is 0.858. The zero-order valence-electron chi connectivity index (χ0n) is 11.5. The van der Waals surface area contributed by atoms with Crippen molar-refractivity contribution in [2.45, 2.75) is 13.5 Å². The van der Waals surface area contributed by atoms with Crippen molar-refractivity contribution in [3.05, 3.63) is 63.1 Å². The van der Waals surface area contributed by atoms with Gasteiger partial charge in [-0.25, -0.2) is 0 Å². The van der Waals surface area contributed by atoms with Crippen molar-refractivity contribution < 1.29 is 9.84 Å². The smallest absolute Gasteiger partial charge is 0.135 e. The number of aryl methyl sites for hydroxylation is 1. The van der Waals surface area contributed by atoms with E-state index in [9.17, 15) is 0 Å². The Kier molecular flexibility index (Phi) is 5.52. The third kappa shape index (κ3) is 4.15. The molecule has 0 fully saturated rings. The lowest BCUT2D eigenvalue weighted by Gasteiger charge is -2.11. The van der Waals surface area contributed by atoms with Crippen LogP contribution in [-0.4, -0.2) is 11.7 Å². The fourth-order valence-corrected chi connectivity index (χ4v) is 2.19. The number of aliphatic hydroxyl groups is 1. The van der Waals surface area contributed by atoms with Gasteiger partial charge in [0, 0.05) is 5.56 Å². The summed E-state index contributed by atoms with van der Waals surface area (Å²) in [6.07, 6.45) is 0. The SMILES string of the molecule is Cc1ccc(OCc2cccc(Cl)c2Cl)c(C#CCO)c1. The molecule has 2 aromatic rings. The highest BCUT2D eigenvalue weighted by Gasteiger charge is 2.07. The maximum Gasteiger partial charge on any atom is 0.135 e. The van der Waals surface area contributed by atoms with Crippen molar-refractivity contribution in [2.75, 3.05) is 6.61 Å². The normalized spacial score (nSPS) is 9.90. The van der Waals surface area contributed by atoms with Crippen molar-refractivity contribution in [2.24, 2.45) is 0 Å². The van der Waals surface area contributed by atoms with E-state index in [4.69, 9.17) is 33.0 Å². The van der Waals surface area contributed by atoms with Gasteiger partial charge in [-0.05, 0) is 30.7 Å². The average Bonchev–Trinajstić information content (AvgIpc) is 2.48. The number of hydrogen-bond acceptors (Lipinski definition) is 2. The molecular formula is C17H14Cl2O2. The highest BCUT2D eigenvalue weighted by atomic mass is 35.5. The molecule has 2 nitrogen and oxygen atoms in total. The zero-order chi connectivity index (χ0) is 15.2. The Morgan fingerprint density at radius 1 is 1.19 bits per heavy atom. The zero-order valence-corrected chi connectivity index (χ0v) is 13.0. The summed E-state index contributed by atoms with van der Waals surface area (Å²) in [4.78, 5) is 0. The molecular weight excluding hydrogens is 307 g/mol. The number of ether oxygens (including phenoxy) is 1. The first-order chi connectivity index (χ1) is 10.1. The van der Waals surface area contributed by atoms with Gasteiger partial charge in [-0.3, -0.25) is 0 Å². The molecule has 0 unspecified atom stereocenters. The standard InChI is InChI=1S/C17H14Cl2O2/c1-12-7-8-16(13(10-12)5-3-9-20)21-11-14-4-2-6-15(18)17(14)19/h2,4,6-8,10,20H,9,11H2,1H3. The van der Waals surface area contributed by atoms with E-state index in [2.05, 4.69) is 11.8 Å². The van der Waals surface area contributed by atoms with Gasteiger partial charge in [-0.2, -0.15) is 0 Å². The Bertz CT molecular complexity index is 700. The average molecular weight is 321 g/mol. The maximum atomic E-state index is 8.82. The predicted octanol–water partition coefficient (Wildman–Crippen LogP) is 4.22. The topological polar surface area (TPSA) is 29.5 Å². The van der Waals surface area contributed by atoms with Gasteiger partial charge in [0.1, 0.15) is 19.0 Å². The fourth-order valence-electron chi connectivity index (χ4n) is 1.82. The third-order valence-electron chi connectivity index (χ3n) is 2.85. The van der Waals surface area contributed by atoms with Crippen LogP contribution in [-0.2, 0) is 6.61 Å². The number of hydrogen-bond donors (Lipinski definition) is 1. The van der Waals surface area contributed by atoms with Crippen LogP contribution in [0.4, 0.5) is 0 Å². The van der Waals surface area contributed by atoms with E-state index < -0.39 is 0 Å². The Labute approximate surface area is 134 Å².